The molecule has 0 amide bonds. The molecule has 2 heteroatoms. The van der Waals surface area contributed by atoms with Crippen molar-refractivity contribution in [1.29, 1.82) is 0 Å². The molecule has 2 heterocycles. The third-order valence-electron chi connectivity index (χ3n) is 5.71. The smallest absolute Gasteiger partial charge is 0.0350 e. The van der Waals surface area contributed by atoms with Crippen LogP contribution in [0, 0.1) is 11.8 Å². The number of nitrogens with one attached hydrogen (secondary N) is 1. The Kier molecular flexibility index (Phi) is 4.97. The fraction of sp³-hybridized carbons (Fsp3) is 0.684. The van der Waals surface area contributed by atoms with Crippen LogP contribution in [0.2, 0.25) is 0 Å². The minimum atomic E-state index is 0.526. The van der Waals surface area contributed by atoms with Crippen molar-refractivity contribution in [3.8, 4) is 0 Å². The van der Waals surface area contributed by atoms with E-state index in [0.717, 1.165) is 17.9 Å². The topological polar surface area (TPSA) is 15.3 Å². The van der Waals surface area contributed by atoms with E-state index in [4.69, 9.17) is 0 Å². The Labute approximate surface area is 129 Å². The van der Waals surface area contributed by atoms with Crippen LogP contribution in [0.25, 0.3) is 0 Å². The zero-order valence-electron chi connectivity index (χ0n) is 13.6. The van der Waals surface area contributed by atoms with Crippen LogP contribution in [0.1, 0.15) is 51.1 Å². The lowest BCUT2D eigenvalue weighted by molar-refractivity contribution is 0.191. The van der Waals surface area contributed by atoms with Crippen molar-refractivity contribution in [2.24, 2.45) is 11.8 Å². The Hall–Kier alpha value is -0.860. The number of nitrogens with zero attached hydrogens (tertiary/aromatic N) is 1. The highest BCUT2D eigenvalue weighted by Gasteiger charge is 2.36. The average molecular weight is 286 g/mol. The molecule has 2 aliphatic heterocycles. The molecule has 0 aliphatic carbocycles. The van der Waals surface area contributed by atoms with E-state index in [9.17, 15) is 0 Å². The molecule has 3 rings (SSSR count). The summed E-state index contributed by atoms with van der Waals surface area (Å²) in [5.41, 5.74) is 1.48. The van der Waals surface area contributed by atoms with Gasteiger partial charge < -0.3 is 10.2 Å². The second-order valence-corrected chi connectivity index (χ2v) is 6.88. The Morgan fingerprint density at radius 3 is 2.52 bits per heavy atom. The van der Waals surface area contributed by atoms with Crippen molar-refractivity contribution in [2.75, 3.05) is 19.6 Å². The third kappa shape index (κ3) is 3.32. The van der Waals surface area contributed by atoms with Crippen LogP contribution in [0.5, 0.6) is 0 Å². The lowest BCUT2D eigenvalue weighted by atomic mass is 9.85. The Morgan fingerprint density at radius 1 is 1.10 bits per heavy atom. The van der Waals surface area contributed by atoms with Crippen molar-refractivity contribution < 1.29 is 0 Å². The van der Waals surface area contributed by atoms with Crippen molar-refractivity contribution >= 4 is 0 Å². The molecule has 2 fully saturated rings. The van der Waals surface area contributed by atoms with E-state index < -0.39 is 0 Å². The number of hydrogen-bond acceptors (Lipinski definition) is 2. The highest BCUT2D eigenvalue weighted by atomic mass is 15.2. The SMILES string of the molecule is CCC(CC)C(NC1CCN2CCC1C2)c1ccccc1. The maximum Gasteiger partial charge on any atom is 0.0350 e. The predicted molar refractivity (Wildman–Crippen MR) is 89.3 cm³/mol. The van der Waals surface area contributed by atoms with Gasteiger partial charge in [0.05, 0.1) is 0 Å². The Morgan fingerprint density at radius 2 is 1.81 bits per heavy atom. The Bertz CT molecular complexity index is 426. The highest BCUT2D eigenvalue weighted by molar-refractivity contribution is 5.20. The molecule has 0 spiro atoms. The van der Waals surface area contributed by atoms with E-state index in [1.165, 1.54) is 50.9 Å². The molecule has 1 aromatic rings. The summed E-state index contributed by atoms with van der Waals surface area (Å²) in [7, 11) is 0. The highest BCUT2D eigenvalue weighted by Crippen LogP contribution is 2.33. The second-order valence-electron chi connectivity index (χ2n) is 6.88. The first-order chi connectivity index (χ1) is 10.3. The lowest BCUT2D eigenvalue weighted by Gasteiger charge is -2.37. The van der Waals surface area contributed by atoms with Crippen LogP contribution in [-0.2, 0) is 0 Å². The van der Waals surface area contributed by atoms with Gasteiger partial charge in [-0.1, -0.05) is 57.0 Å². The van der Waals surface area contributed by atoms with Crippen LogP contribution in [0.3, 0.4) is 0 Å². The van der Waals surface area contributed by atoms with Gasteiger partial charge in [0.1, 0.15) is 0 Å². The molecule has 2 nitrogen and oxygen atoms in total. The minimum absolute atomic E-state index is 0.526. The maximum atomic E-state index is 4.08. The molecule has 2 saturated heterocycles. The molecule has 2 aliphatic rings. The fourth-order valence-electron chi connectivity index (χ4n) is 4.33. The summed E-state index contributed by atoms with van der Waals surface area (Å²) in [6.45, 7) is 8.61. The molecule has 0 radical (unpaired) electrons. The summed E-state index contributed by atoms with van der Waals surface area (Å²) in [5.74, 6) is 1.62. The van der Waals surface area contributed by atoms with Gasteiger partial charge in [-0.05, 0) is 43.3 Å². The van der Waals surface area contributed by atoms with E-state index in [1.807, 2.05) is 0 Å². The van der Waals surface area contributed by atoms with Gasteiger partial charge in [0.15, 0.2) is 0 Å². The van der Waals surface area contributed by atoms with Gasteiger partial charge in [-0.2, -0.15) is 0 Å². The summed E-state index contributed by atoms with van der Waals surface area (Å²) in [4.78, 5) is 2.64. The van der Waals surface area contributed by atoms with Gasteiger partial charge in [-0.15, -0.1) is 0 Å². The van der Waals surface area contributed by atoms with Gasteiger partial charge >= 0.3 is 0 Å². The molecule has 116 valence electrons. The van der Waals surface area contributed by atoms with E-state index in [2.05, 4.69) is 54.4 Å². The summed E-state index contributed by atoms with van der Waals surface area (Å²) < 4.78 is 0. The van der Waals surface area contributed by atoms with E-state index >= 15 is 0 Å². The second kappa shape index (κ2) is 6.93. The van der Waals surface area contributed by atoms with E-state index in [-0.39, 0.29) is 0 Å². The van der Waals surface area contributed by atoms with Crippen molar-refractivity contribution in [1.82, 2.24) is 10.2 Å². The first-order valence-corrected chi connectivity index (χ1v) is 8.85. The summed E-state index contributed by atoms with van der Waals surface area (Å²) in [6.07, 6.45) is 5.23. The molecule has 0 aromatic heterocycles. The van der Waals surface area contributed by atoms with Crippen LogP contribution in [0.15, 0.2) is 30.3 Å². The Balaban J connectivity index is 1.75. The molecule has 2 bridgehead atoms. The first kappa shape index (κ1) is 15.1. The van der Waals surface area contributed by atoms with Gasteiger partial charge in [0.25, 0.3) is 0 Å². The van der Waals surface area contributed by atoms with E-state index in [0.29, 0.717) is 6.04 Å². The maximum absolute atomic E-state index is 4.08. The van der Waals surface area contributed by atoms with Gasteiger partial charge in [-0.3, -0.25) is 0 Å². The average Bonchev–Trinajstić information content (AvgIpc) is 2.93. The van der Waals surface area contributed by atoms with Crippen molar-refractivity contribution in [3.63, 3.8) is 0 Å². The number of hydrogen-bond donors (Lipinski definition) is 1. The van der Waals surface area contributed by atoms with Crippen LogP contribution >= 0.6 is 0 Å². The zero-order chi connectivity index (χ0) is 14.7. The van der Waals surface area contributed by atoms with Crippen LogP contribution in [0.4, 0.5) is 0 Å². The van der Waals surface area contributed by atoms with Gasteiger partial charge in [-0.25, -0.2) is 0 Å². The monoisotopic (exact) mass is 286 g/mol. The zero-order valence-corrected chi connectivity index (χ0v) is 13.6. The quantitative estimate of drug-likeness (QED) is 0.854. The number of rotatable bonds is 6. The summed E-state index contributed by atoms with van der Waals surface area (Å²) in [6, 6.07) is 12.4. The minimum Gasteiger partial charge on any atom is -0.307 e. The fourth-order valence-corrected chi connectivity index (χ4v) is 4.33. The number of piperidine rings is 1. The van der Waals surface area contributed by atoms with Crippen molar-refractivity contribution in [3.05, 3.63) is 35.9 Å². The molecule has 4 unspecified atom stereocenters. The standard InChI is InChI=1S/C19H30N2/c1-3-15(4-2)19(16-8-6-5-7-9-16)20-18-11-13-21-12-10-17(18)14-21/h5-9,15,17-20H,3-4,10-14H2,1-2H3. The van der Waals surface area contributed by atoms with Crippen LogP contribution < -0.4 is 5.32 Å². The molecule has 0 saturated carbocycles. The normalized spacial score (nSPS) is 29.8. The third-order valence-corrected chi connectivity index (χ3v) is 5.71. The first-order valence-electron chi connectivity index (χ1n) is 8.85. The van der Waals surface area contributed by atoms with Crippen LogP contribution in [-0.4, -0.2) is 30.6 Å². The lowest BCUT2D eigenvalue weighted by Crippen LogP contribution is -2.46. The summed E-state index contributed by atoms with van der Waals surface area (Å²) in [5, 5.41) is 4.08. The largest absolute Gasteiger partial charge is 0.307 e. The molecule has 4 atom stereocenters. The van der Waals surface area contributed by atoms with Crippen molar-refractivity contribution in [2.45, 2.75) is 51.6 Å². The molecule has 1 aromatic carbocycles. The molecule has 21 heavy (non-hydrogen) atoms. The molecule has 1 N–H and O–H groups in total. The number of benzene rings is 1. The van der Waals surface area contributed by atoms with Gasteiger partial charge in [0, 0.05) is 18.6 Å². The molecular formula is C19H30N2. The van der Waals surface area contributed by atoms with E-state index in [1.54, 1.807) is 0 Å². The number of fused-ring (bicyclic) bond motifs is 2. The molecular weight excluding hydrogens is 256 g/mol. The van der Waals surface area contributed by atoms with Gasteiger partial charge in [0.2, 0.25) is 0 Å². The summed E-state index contributed by atoms with van der Waals surface area (Å²) >= 11 is 0. The predicted octanol–water partition coefficient (Wildman–Crippen LogP) is 3.85.